The molecule has 2 aliphatic rings. The number of aromatic nitrogens is 3. The minimum atomic E-state index is -4.71. The molecule has 5 rings (SSSR count). The van der Waals surface area contributed by atoms with E-state index >= 15 is 0 Å². The van der Waals surface area contributed by atoms with E-state index in [9.17, 15) is 17.6 Å². The molecule has 2 fully saturated rings. The number of fused-ring (bicyclic) bond motifs is 1. The van der Waals surface area contributed by atoms with Crippen LogP contribution < -0.4 is 4.74 Å². The summed E-state index contributed by atoms with van der Waals surface area (Å²) in [6.45, 7) is 0. The summed E-state index contributed by atoms with van der Waals surface area (Å²) < 4.78 is 91.3. The third-order valence-electron chi connectivity index (χ3n) is 6.66. The number of pyridine rings is 1. The Morgan fingerprint density at radius 2 is 1.82 bits per heavy atom. The topological polar surface area (TPSA) is 48.7 Å². The average Bonchev–Trinajstić information content (AvgIpc) is 3.52. The molecule has 0 saturated heterocycles. The number of hydrogen-bond donors (Lipinski definition) is 0. The summed E-state index contributed by atoms with van der Waals surface area (Å²) >= 11 is 0. The monoisotopic (exact) mass is 466 g/mol. The molecule has 0 atom stereocenters. The first-order valence-electron chi connectivity index (χ1n) is 12.5. The summed E-state index contributed by atoms with van der Waals surface area (Å²) in [4.78, 5) is 0. The van der Waals surface area contributed by atoms with Gasteiger partial charge in [0.05, 0.1) is 15.8 Å². The number of benzene rings is 1. The van der Waals surface area contributed by atoms with Crippen LogP contribution in [0.5, 0.6) is 5.75 Å². The minimum absolute atomic E-state index is 0.182. The molecule has 0 N–H and O–H groups in total. The molecule has 0 unspecified atom stereocenters. The molecular formula is C24H25F4N3O2. The van der Waals surface area contributed by atoms with E-state index in [-0.39, 0.29) is 37.1 Å². The van der Waals surface area contributed by atoms with E-state index in [0.29, 0.717) is 23.7 Å². The number of halogens is 4. The Morgan fingerprint density at radius 3 is 2.45 bits per heavy atom. The van der Waals surface area contributed by atoms with Crippen molar-refractivity contribution < 1.29 is 31.1 Å². The molecule has 2 saturated carbocycles. The van der Waals surface area contributed by atoms with Crippen molar-refractivity contribution in [3.05, 3.63) is 59.3 Å². The highest BCUT2D eigenvalue weighted by Gasteiger charge is 2.41. The van der Waals surface area contributed by atoms with Crippen LogP contribution in [0.15, 0.2) is 36.5 Å². The van der Waals surface area contributed by atoms with Crippen molar-refractivity contribution in [2.75, 3.05) is 7.04 Å². The van der Waals surface area contributed by atoms with E-state index in [4.69, 9.17) is 13.6 Å². The molecule has 2 heterocycles. The molecular weight excluding hydrogens is 438 g/mol. The first-order valence-corrected chi connectivity index (χ1v) is 11.0. The lowest BCUT2D eigenvalue weighted by Gasteiger charge is -2.39. The molecule has 0 spiro atoms. The van der Waals surface area contributed by atoms with Crippen LogP contribution >= 0.6 is 0 Å². The first-order chi connectivity index (χ1) is 16.9. The van der Waals surface area contributed by atoms with Gasteiger partial charge in [-0.2, -0.15) is 13.2 Å². The van der Waals surface area contributed by atoms with E-state index in [1.165, 1.54) is 40.9 Å². The molecule has 3 aromatic rings. The Labute approximate surface area is 192 Å². The van der Waals surface area contributed by atoms with Crippen LogP contribution in [0, 0.1) is 11.7 Å². The second-order valence-electron chi connectivity index (χ2n) is 8.93. The summed E-state index contributed by atoms with van der Waals surface area (Å²) in [6, 6.07) is 6.69. The predicted octanol–water partition coefficient (Wildman–Crippen LogP) is 5.70. The zero-order valence-corrected chi connectivity index (χ0v) is 17.7. The highest BCUT2D eigenvalue weighted by Crippen LogP contribution is 2.44. The summed E-state index contributed by atoms with van der Waals surface area (Å²) in [5.74, 6) is 0.122. The molecule has 2 aliphatic carbocycles. The molecule has 1 aromatic carbocycles. The lowest BCUT2D eigenvalue weighted by Crippen LogP contribution is -2.37. The van der Waals surface area contributed by atoms with E-state index in [0.717, 1.165) is 12.8 Å². The van der Waals surface area contributed by atoms with Crippen molar-refractivity contribution in [3.63, 3.8) is 0 Å². The second kappa shape index (κ2) is 8.27. The molecule has 2 aromatic heterocycles. The van der Waals surface area contributed by atoms with Crippen LogP contribution in [0.25, 0.3) is 5.65 Å². The number of alkyl halides is 3. The van der Waals surface area contributed by atoms with Crippen molar-refractivity contribution in [3.8, 4) is 5.75 Å². The quantitative estimate of drug-likeness (QED) is 0.437. The van der Waals surface area contributed by atoms with Gasteiger partial charge in [0.15, 0.2) is 5.65 Å². The van der Waals surface area contributed by atoms with E-state index < -0.39 is 36.3 Å². The molecule has 176 valence electrons. The number of rotatable bonds is 6. The largest absolute Gasteiger partial charge is 0.490 e. The zero-order chi connectivity index (χ0) is 25.7. The van der Waals surface area contributed by atoms with Crippen molar-refractivity contribution >= 4 is 5.65 Å². The summed E-state index contributed by atoms with van der Waals surface area (Å²) in [7, 11) is -2.71. The Morgan fingerprint density at radius 1 is 1.09 bits per heavy atom. The third-order valence-corrected chi connectivity index (χ3v) is 6.66. The first kappa shape index (κ1) is 18.7. The number of hydrogen-bond acceptors (Lipinski definition) is 4. The fourth-order valence-electron chi connectivity index (χ4n) is 4.63. The number of ether oxygens (including phenoxy) is 2. The molecule has 0 amide bonds. The normalized spacial score (nSPS) is 25.5. The summed E-state index contributed by atoms with van der Waals surface area (Å²) in [5, 5.41) is 7.82. The second-order valence-corrected chi connectivity index (χ2v) is 8.93. The number of nitrogens with zero attached hydrogens (tertiary/aromatic N) is 3. The van der Waals surface area contributed by atoms with Crippen LogP contribution in [0.2, 0.25) is 0 Å². The fraction of sp³-hybridized carbons (Fsp3) is 0.500. The molecule has 0 aliphatic heterocycles. The minimum Gasteiger partial charge on any atom is -0.490 e. The Bertz CT molecular complexity index is 1230. The smallest absolute Gasteiger partial charge is 0.423 e. The van der Waals surface area contributed by atoms with E-state index in [1.807, 2.05) is 0 Å². The van der Waals surface area contributed by atoms with E-state index in [1.54, 1.807) is 0 Å². The van der Waals surface area contributed by atoms with Gasteiger partial charge >= 0.3 is 6.18 Å². The maximum absolute atomic E-state index is 14.1. The van der Waals surface area contributed by atoms with E-state index in [2.05, 4.69) is 10.2 Å². The Hall–Kier alpha value is -2.68. The van der Waals surface area contributed by atoms with Gasteiger partial charge in [0.25, 0.3) is 0 Å². The van der Waals surface area contributed by atoms with Crippen LogP contribution in [0.4, 0.5) is 17.6 Å². The van der Waals surface area contributed by atoms with Gasteiger partial charge in [-0.05, 0) is 68.2 Å². The highest BCUT2D eigenvalue weighted by molar-refractivity contribution is 5.57. The lowest BCUT2D eigenvalue weighted by atomic mass is 9.78. The van der Waals surface area contributed by atoms with Gasteiger partial charge in [-0.15, -0.1) is 10.2 Å². The fourth-order valence-corrected chi connectivity index (χ4v) is 4.63. The SMILES string of the molecule is [2H]C([2H])([2H])O[C@]1(c2ccc(F)cc2)CC[C@@H](Oc2ccn3c(CC4CC4)nnc3c2C(F)(F)F)CC1. The Balaban J connectivity index is 1.39. The maximum Gasteiger partial charge on any atom is 0.423 e. The van der Waals surface area contributed by atoms with Crippen LogP contribution in [-0.2, 0) is 22.9 Å². The highest BCUT2D eigenvalue weighted by atomic mass is 19.4. The van der Waals surface area contributed by atoms with Gasteiger partial charge in [-0.1, -0.05) is 12.1 Å². The van der Waals surface area contributed by atoms with Gasteiger partial charge in [-0.25, -0.2) is 4.39 Å². The molecule has 9 heteroatoms. The average molecular weight is 466 g/mol. The van der Waals surface area contributed by atoms with Crippen molar-refractivity contribution in [2.45, 2.75) is 62.8 Å². The number of methoxy groups -OCH3 is 1. The predicted molar refractivity (Wildman–Crippen MR) is 112 cm³/mol. The Kier molecular flexibility index (Phi) is 4.69. The lowest BCUT2D eigenvalue weighted by molar-refractivity contribution is -0.138. The maximum atomic E-state index is 14.1. The third kappa shape index (κ3) is 4.30. The van der Waals surface area contributed by atoms with Gasteiger partial charge < -0.3 is 9.47 Å². The molecule has 33 heavy (non-hydrogen) atoms. The van der Waals surface area contributed by atoms with Gasteiger partial charge in [0.1, 0.15) is 23.0 Å². The standard InChI is InChI=1S/C24H25F4N3O2/c1-32-23(16-4-6-17(25)7-5-16)11-8-18(9-12-23)33-19-10-13-31-20(14-15-2-3-15)29-30-22(31)21(19)24(26,27)28/h4-7,10,13,15,18H,2-3,8-9,11-12,14H2,1H3/t18-,23-/i1D3. The van der Waals surface area contributed by atoms with Crippen LogP contribution in [0.1, 0.15) is 59.6 Å². The summed E-state index contributed by atoms with van der Waals surface area (Å²) in [5.41, 5.74) is -1.99. The van der Waals surface area contributed by atoms with Crippen molar-refractivity contribution in [2.24, 2.45) is 5.92 Å². The molecule has 0 radical (unpaired) electrons. The van der Waals surface area contributed by atoms with Crippen molar-refractivity contribution in [1.82, 2.24) is 14.6 Å². The van der Waals surface area contributed by atoms with Gasteiger partial charge in [0, 0.05) is 19.7 Å². The van der Waals surface area contributed by atoms with Crippen molar-refractivity contribution in [1.29, 1.82) is 0 Å². The van der Waals surface area contributed by atoms with Gasteiger partial charge in [-0.3, -0.25) is 4.40 Å². The van der Waals surface area contributed by atoms with Gasteiger partial charge in [0.2, 0.25) is 0 Å². The van der Waals surface area contributed by atoms with Crippen LogP contribution in [-0.4, -0.2) is 27.7 Å². The molecule has 5 nitrogen and oxygen atoms in total. The molecule has 0 bridgehead atoms. The van der Waals surface area contributed by atoms with Crippen LogP contribution in [0.3, 0.4) is 0 Å². The zero-order valence-electron chi connectivity index (χ0n) is 20.7. The summed E-state index contributed by atoms with van der Waals surface area (Å²) in [6.07, 6.45) is -0.301.